The van der Waals surface area contributed by atoms with Crippen molar-refractivity contribution in [2.24, 2.45) is 5.73 Å². The summed E-state index contributed by atoms with van der Waals surface area (Å²) in [6.07, 6.45) is 4.92. The van der Waals surface area contributed by atoms with Gasteiger partial charge in [-0.2, -0.15) is 0 Å². The minimum Gasteiger partial charge on any atom is -0.478 e. The first kappa shape index (κ1) is 28.8. The molecule has 43 heavy (non-hydrogen) atoms. The molecule has 1 saturated heterocycles. The highest BCUT2D eigenvalue weighted by Gasteiger charge is 2.43. The molecule has 9 nitrogen and oxygen atoms in total. The number of carboxylic acids is 1. The lowest BCUT2D eigenvalue weighted by Gasteiger charge is -2.32. The average molecular weight is 606 g/mol. The lowest BCUT2D eigenvalue weighted by Crippen LogP contribution is -2.34. The number of nitrogens with one attached hydrogen (secondary N) is 1. The van der Waals surface area contributed by atoms with E-state index in [0.29, 0.717) is 41.7 Å². The summed E-state index contributed by atoms with van der Waals surface area (Å²) in [6.45, 7) is 5.27. The Kier molecular flexibility index (Phi) is 7.89. The molecule has 2 aliphatic heterocycles. The van der Waals surface area contributed by atoms with E-state index in [0.717, 1.165) is 48.4 Å². The van der Waals surface area contributed by atoms with E-state index in [1.165, 1.54) is 12.3 Å². The topological polar surface area (TPSA) is 115 Å². The Hall–Kier alpha value is -4.28. The number of halogens is 2. The van der Waals surface area contributed by atoms with Gasteiger partial charge in [0.05, 0.1) is 28.7 Å². The Morgan fingerprint density at radius 2 is 2.02 bits per heavy atom. The monoisotopic (exact) mass is 605 g/mol. The van der Waals surface area contributed by atoms with Gasteiger partial charge in [0.15, 0.2) is 11.5 Å². The average Bonchev–Trinajstić information content (AvgIpc) is 3.52. The molecule has 224 valence electrons. The number of aromatic nitrogens is 2. The summed E-state index contributed by atoms with van der Waals surface area (Å²) in [5, 5.41) is 13.0. The smallest absolute Gasteiger partial charge is 0.335 e. The van der Waals surface area contributed by atoms with Crippen molar-refractivity contribution in [3.8, 4) is 11.5 Å². The molecule has 6 rings (SSSR count). The highest BCUT2D eigenvalue weighted by Crippen LogP contribution is 2.49. The number of hydrogen-bond donors (Lipinski definition) is 3. The number of nitrogens with zero attached hydrogens (tertiary/aromatic N) is 3. The van der Waals surface area contributed by atoms with E-state index in [9.17, 15) is 14.3 Å². The van der Waals surface area contributed by atoms with Crippen LogP contribution >= 0.6 is 11.6 Å². The van der Waals surface area contributed by atoms with Crippen LogP contribution in [0.3, 0.4) is 0 Å². The third-order valence-electron chi connectivity index (χ3n) is 8.19. The van der Waals surface area contributed by atoms with Gasteiger partial charge in [0, 0.05) is 43.0 Å². The van der Waals surface area contributed by atoms with E-state index in [2.05, 4.69) is 20.9 Å². The van der Waals surface area contributed by atoms with Crippen LogP contribution in [0.1, 0.15) is 53.0 Å². The normalized spacial score (nSPS) is 19.0. The number of para-hydroxylation sites is 1. The number of imidazole rings is 1. The first-order valence-corrected chi connectivity index (χ1v) is 14.6. The standard InChI is InChI=1S/C32H33ClFN5O4/c1-32(24-7-6-22(33)18-25(24)34)42-28-4-2-3-23(30(28)43-32)20-9-14-38(15-10-20)19-29-37-26-8-5-21(31(40)41)17-27(26)39(29)16-13-36-12-11-35/h2-8,11-12,17-18,20,36H,9-10,13-16,19,35H2,1H3,(H,40,41)/b12-11-. The number of likely N-dealkylation sites (tertiary alicyclic amines) is 1. The van der Waals surface area contributed by atoms with Crippen LogP contribution in [0.4, 0.5) is 4.39 Å². The third kappa shape index (κ3) is 5.72. The molecular formula is C32H33ClFN5O4. The van der Waals surface area contributed by atoms with Gasteiger partial charge in [0.2, 0.25) is 0 Å². The van der Waals surface area contributed by atoms with E-state index in [1.54, 1.807) is 43.5 Å². The lowest BCUT2D eigenvalue weighted by molar-refractivity contribution is -0.0712. The molecule has 3 heterocycles. The van der Waals surface area contributed by atoms with E-state index < -0.39 is 17.6 Å². The Bertz CT molecular complexity index is 1700. The molecule has 11 heteroatoms. The second kappa shape index (κ2) is 11.8. The minimum atomic E-state index is -1.29. The van der Waals surface area contributed by atoms with Crippen LogP contribution in [0, 0.1) is 5.82 Å². The van der Waals surface area contributed by atoms with Gasteiger partial charge in [0.1, 0.15) is 11.6 Å². The molecule has 4 N–H and O–H groups in total. The van der Waals surface area contributed by atoms with E-state index in [4.69, 9.17) is 31.8 Å². The van der Waals surface area contributed by atoms with Gasteiger partial charge in [-0.25, -0.2) is 14.2 Å². The molecule has 0 aliphatic carbocycles. The second-order valence-electron chi connectivity index (χ2n) is 11.0. The zero-order valence-corrected chi connectivity index (χ0v) is 24.5. The highest BCUT2D eigenvalue weighted by molar-refractivity contribution is 6.30. The predicted molar refractivity (Wildman–Crippen MR) is 162 cm³/mol. The SMILES string of the molecule is CC1(c2ccc(Cl)cc2F)Oc2cccc(C3CCN(Cc4nc5ccc(C(=O)O)cc5n4CCN/C=C\N)CC3)c2O1. The Morgan fingerprint density at radius 3 is 2.77 bits per heavy atom. The largest absolute Gasteiger partial charge is 0.478 e. The lowest BCUT2D eigenvalue weighted by atomic mass is 9.88. The molecule has 1 fully saturated rings. The number of carboxylic acid groups (broad SMARTS) is 1. The number of aromatic carboxylic acids is 1. The third-order valence-corrected chi connectivity index (χ3v) is 8.43. The van der Waals surface area contributed by atoms with Crippen molar-refractivity contribution in [1.82, 2.24) is 19.8 Å². The molecule has 0 spiro atoms. The maximum atomic E-state index is 14.8. The number of nitrogens with two attached hydrogens (primary N) is 1. The number of benzene rings is 3. The molecule has 0 bridgehead atoms. The quantitative estimate of drug-likeness (QED) is 0.212. The van der Waals surface area contributed by atoms with Crippen molar-refractivity contribution in [3.63, 3.8) is 0 Å². The molecule has 0 amide bonds. The van der Waals surface area contributed by atoms with Crippen LogP contribution in [0.15, 0.2) is 67.0 Å². The fraction of sp³-hybridized carbons (Fsp3) is 0.312. The molecule has 0 saturated carbocycles. The number of fused-ring (bicyclic) bond motifs is 2. The van der Waals surface area contributed by atoms with Gasteiger partial charge < -0.3 is 30.2 Å². The zero-order valence-electron chi connectivity index (χ0n) is 23.7. The number of piperidine rings is 1. The molecule has 3 aromatic carbocycles. The van der Waals surface area contributed by atoms with Crippen molar-refractivity contribution < 1.29 is 23.8 Å². The van der Waals surface area contributed by atoms with Crippen LogP contribution in [0.2, 0.25) is 5.02 Å². The number of carbonyl (C=O) groups is 1. The van der Waals surface area contributed by atoms with Gasteiger partial charge in [-0.3, -0.25) is 4.90 Å². The molecule has 2 aliphatic rings. The van der Waals surface area contributed by atoms with Gasteiger partial charge in [0.25, 0.3) is 5.79 Å². The van der Waals surface area contributed by atoms with Crippen molar-refractivity contribution in [2.45, 2.75) is 44.6 Å². The number of ether oxygens (including phenoxy) is 2. The van der Waals surface area contributed by atoms with Gasteiger partial charge in [-0.1, -0.05) is 23.7 Å². The maximum Gasteiger partial charge on any atom is 0.335 e. The summed E-state index contributed by atoms with van der Waals surface area (Å²) in [6, 6.07) is 15.4. The fourth-order valence-electron chi connectivity index (χ4n) is 6.04. The predicted octanol–water partition coefficient (Wildman–Crippen LogP) is 5.57. The van der Waals surface area contributed by atoms with Crippen molar-refractivity contribution >= 4 is 28.6 Å². The zero-order chi connectivity index (χ0) is 30.1. The summed E-state index contributed by atoms with van der Waals surface area (Å²) < 4.78 is 29.4. The summed E-state index contributed by atoms with van der Waals surface area (Å²) in [4.78, 5) is 18.9. The van der Waals surface area contributed by atoms with Crippen LogP contribution in [0.25, 0.3) is 11.0 Å². The first-order chi connectivity index (χ1) is 20.8. The summed E-state index contributed by atoms with van der Waals surface area (Å²) >= 11 is 5.97. The maximum absolute atomic E-state index is 14.8. The molecule has 0 radical (unpaired) electrons. The van der Waals surface area contributed by atoms with E-state index >= 15 is 0 Å². The second-order valence-corrected chi connectivity index (χ2v) is 11.4. The number of rotatable bonds is 9. The summed E-state index contributed by atoms with van der Waals surface area (Å²) in [7, 11) is 0. The van der Waals surface area contributed by atoms with Crippen LogP contribution in [0.5, 0.6) is 11.5 Å². The van der Waals surface area contributed by atoms with E-state index in [-0.39, 0.29) is 11.5 Å². The van der Waals surface area contributed by atoms with Crippen LogP contribution < -0.4 is 20.5 Å². The van der Waals surface area contributed by atoms with Gasteiger partial charge in [-0.15, -0.1) is 0 Å². The first-order valence-electron chi connectivity index (χ1n) is 14.3. The fourth-order valence-corrected chi connectivity index (χ4v) is 6.20. The molecule has 1 unspecified atom stereocenters. The van der Waals surface area contributed by atoms with Crippen molar-refractivity contribution in [3.05, 3.63) is 100 Å². The Balaban J connectivity index is 1.17. The van der Waals surface area contributed by atoms with Crippen LogP contribution in [-0.4, -0.2) is 45.2 Å². The minimum absolute atomic E-state index is 0.229. The molecule has 4 aromatic rings. The van der Waals surface area contributed by atoms with Crippen molar-refractivity contribution in [2.75, 3.05) is 19.6 Å². The summed E-state index contributed by atoms with van der Waals surface area (Å²) in [5.41, 5.74) is 8.59. The Morgan fingerprint density at radius 1 is 1.21 bits per heavy atom. The van der Waals surface area contributed by atoms with Gasteiger partial charge >= 0.3 is 5.97 Å². The molecular weight excluding hydrogens is 573 g/mol. The summed E-state index contributed by atoms with van der Waals surface area (Å²) in [5.74, 6) is -0.346. The van der Waals surface area contributed by atoms with Crippen molar-refractivity contribution in [1.29, 1.82) is 0 Å². The van der Waals surface area contributed by atoms with Gasteiger partial charge in [-0.05, 0) is 74.3 Å². The van der Waals surface area contributed by atoms with Crippen LogP contribution in [-0.2, 0) is 18.9 Å². The number of hydrogen-bond acceptors (Lipinski definition) is 7. The molecule has 1 atom stereocenters. The van der Waals surface area contributed by atoms with E-state index in [1.807, 2.05) is 12.1 Å². The highest BCUT2D eigenvalue weighted by atomic mass is 35.5. The molecule has 1 aromatic heterocycles. The Labute approximate surface area is 253 Å².